The fourth-order valence-corrected chi connectivity index (χ4v) is 4.80. The Labute approximate surface area is 73.8 Å². The van der Waals surface area contributed by atoms with Crippen LogP contribution in [0.5, 0.6) is 0 Å². The van der Waals surface area contributed by atoms with Gasteiger partial charge in [0.05, 0.1) is 0 Å². The molecule has 0 N–H and O–H groups in total. The molecule has 0 spiro atoms. The van der Waals surface area contributed by atoms with Crippen LogP contribution in [-0.2, 0) is 0 Å². The molecule has 0 radical (unpaired) electrons. The molecule has 0 saturated carbocycles. The van der Waals surface area contributed by atoms with Gasteiger partial charge in [0.25, 0.3) is 0 Å². The Morgan fingerprint density at radius 3 is 2.10 bits per heavy atom. The highest BCUT2D eigenvalue weighted by molar-refractivity contribution is 8.62. The summed E-state index contributed by atoms with van der Waals surface area (Å²) in [5, 5.41) is 0. The van der Waals surface area contributed by atoms with E-state index in [4.69, 9.17) is 11.2 Å². The third kappa shape index (κ3) is 4.02. The van der Waals surface area contributed by atoms with E-state index in [2.05, 4.69) is 25.4 Å². The molecule has 62 valence electrons. The van der Waals surface area contributed by atoms with Crippen LogP contribution < -0.4 is 0 Å². The molecule has 1 unspecified atom stereocenters. The van der Waals surface area contributed by atoms with Crippen LogP contribution in [0.4, 0.5) is 0 Å². The summed E-state index contributed by atoms with van der Waals surface area (Å²) in [6.07, 6.45) is 0. The van der Waals surface area contributed by atoms with Gasteiger partial charge in [0.2, 0.25) is 0 Å². The van der Waals surface area contributed by atoms with Crippen LogP contribution in [0, 0.1) is 0 Å². The van der Waals surface area contributed by atoms with Crippen LogP contribution in [0.15, 0.2) is 0 Å². The molecule has 10 heavy (non-hydrogen) atoms. The Morgan fingerprint density at radius 2 is 1.80 bits per heavy atom. The minimum Gasteiger partial charge on any atom is -0.262 e. The average Bonchev–Trinajstić information content (AvgIpc) is 1.91. The molecule has 0 fully saturated rings. The molecular formula is C6H15ClNPS. The van der Waals surface area contributed by atoms with E-state index in [1.165, 1.54) is 0 Å². The molecule has 0 aromatic heterocycles. The summed E-state index contributed by atoms with van der Waals surface area (Å²) >= 11 is 7.95. The molecule has 0 amide bonds. The SMILES string of the molecule is CCSP(Cl)N(CC)CC. The molecule has 0 rings (SSSR count). The Balaban J connectivity index is 3.53. The van der Waals surface area contributed by atoms with Crippen LogP contribution in [0.3, 0.4) is 0 Å². The lowest BCUT2D eigenvalue weighted by atomic mass is 10.7. The van der Waals surface area contributed by atoms with E-state index in [0.717, 1.165) is 18.8 Å². The first-order valence-electron chi connectivity index (χ1n) is 3.59. The van der Waals surface area contributed by atoms with E-state index in [1.54, 1.807) is 0 Å². The molecule has 0 bridgehead atoms. The number of halogens is 1. The topological polar surface area (TPSA) is 3.24 Å². The maximum absolute atomic E-state index is 6.10. The second-order valence-electron chi connectivity index (χ2n) is 1.78. The molecule has 1 atom stereocenters. The maximum Gasteiger partial charge on any atom is 0.124 e. The van der Waals surface area contributed by atoms with Gasteiger partial charge in [-0.05, 0) is 5.75 Å². The molecule has 1 nitrogen and oxygen atoms in total. The van der Waals surface area contributed by atoms with Gasteiger partial charge in [-0.2, -0.15) is 0 Å². The lowest BCUT2D eigenvalue weighted by molar-refractivity contribution is 0.519. The van der Waals surface area contributed by atoms with Crippen LogP contribution in [-0.4, -0.2) is 23.5 Å². The predicted molar refractivity (Wildman–Crippen MR) is 53.8 cm³/mol. The highest BCUT2D eigenvalue weighted by Gasteiger charge is 2.10. The highest BCUT2D eigenvalue weighted by Crippen LogP contribution is 2.56. The van der Waals surface area contributed by atoms with Gasteiger partial charge in [-0.1, -0.05) is 32.0 Å². The minimum absolute atomic E-state index is 0.422. The molecule has 0 aliphatic heterocycles. The van der Waals surface area contributed by atoms with Crippen molar-refractivity contribution >= 4 is 29.2 Å². The standard InChI is InChI=1S/C6H15ClNPS/c1-4-8(5-2)9(7)10-6-3/h4-6H2,1-3H3. The number of hydrogen-bond acceptors (Lipinski definition) is 2. The fourth-order valence-electron chi connectivity index (χ4n) is 0.634. The first-order chi connectivity index (χ1) is 4.76. The monoisotopic (exact) mass is 199 g/mol. The zero-order chi connectivity index (χ0) is 7.98. The van der Waals surface area contributed by atoms with Gasteiger partial charge >= 0.3 is 0 Å². The van der Waals surface area contributed by atoms with Gasteiger partial charge in [-0.25, -0.2) is 0 Å². The maximum atomic E-state index is 6.10. The third-order valence-electron chi connectivity index (χ3n) is 1.19. The normalized spacial score (nSPS) is 14.1. The van der Waals surface area contributed by atoms with Crippen molar-refractivity contribution < 1.29 is 0 Å². The zero-order valence-corrected chi connectivity index (χ0v) is 9.27. The predicted octanol–water partition coefficient (Wildman–Crippen LogP) is 3.55. The second-order valence-corrected chi connectivity index (χ2v) is 7.01. The van der Waals surface area contributed by atoms with Crippen molar-refractivity contribution in [3.63, 3.8) is 0 Å². The molecule has 4 heteroatoms. The number of rotatable bonds is 5. The second kappa shape index (κ2) is 6.72. The Bertz CT molecular complexity index is 80.1. The lowest BCUT2D eigenvalue weighted by Gasteiger charge is -2.22. The molecule has 0 aliphatic carbocycles. The van der Waals surface area contributed by atoms with Crippen molar-refractivity contribution in [2.75, 3.05) is 18.8 Å². The largest absolute Gasteiger partial charge is 0.262 e. The number of nitrogens with zero attached hydrogens (tertiary/aromatic N) is 1. The van der Waals surface area contributed by atoms with Crippen molar-refractivity contribution in [3.05, 3.63) is 0 Å². The van der Waals surface area contributed by atoms with Crippen LogP contribution >= 0.6 is 29.2 Å². The van der Waals surface area contributed by atoms with E-state index in [1.807, 2.05) is 11.4 Å². The minimum atomic E-state index is -0.422. The average molecular weight is 200 g/mol. The number of hydrogen-bond donors (Lipinski definition) is 0. The summed E-state index contributed by atoms with van der Waals surface area (Å²) < 4.78 is 2.30. The van der Waals surface area contributed by atoms with Crippen LogP contribution in [0.2, 0.25) is 0 Å². The third-order valence-corrected chi connectivity index (χ3v) is 6.30. The zero-order valence-electron chi connectivity index (χ0n) is 6.80. The first kappa shape index (κ1) is 11.0. The highest BCUT2D eigenvalue weighted by atomic mass is 35.7. The summed E-state index contributed by atoms with van der Waals surface area (Å²) in [4.78, 5) is 0. The van der Waals surface area contributed by atoms with Gasteiger partial charge in [0.15, 0.2) is 0 Å². The summed E-state index contributed by atoms with van der Waals surface area (Å²) in [7, 11) is 0. The molecular weight excluding hydrogens is 185 g/mol. The Kier molecular flexibility index (Phi) is 7.41. The molecule has 0 aromatic carbocycles. The van der Waals surface area contributed by atoms with Crippen molar-refractivity contribution in [1.82, 2.24) is 4.67 Å². The van der Waals surface area contributed by atoms with Gasteiger partial charge < -0.3 is 0 Å². The Hall–Kier alpha value is 1.03. The van der Waals surface area contributed by atoms with E-state index in [9.17, 15) is 0 Å². The van der Waals surface area contributed by atoms with Gasteiger partial charge in [-0.3, -0.25) is 4.67 Å². The molecule has 0 aromatic rings. The smallest absolute Gasteiger partial charge is 0.124 e. The van der Waals surface area contributed by atoms with Crippen molar-refractivity contribution in [2.24, 2.45) is 0 Å². The van der Waals surface area contributed by atoms with E-state index >= 15 is 0 Å². The van der Waals surface area contributed by atoms with E-state index in [-0.39, 0.29) is 0 Å². The summed E-state index contributed by atoms with van der Waals surface area (Å²) in [6.45, 7) is 8.16. The summed E-state index contributed by atoms with van der Waals surface area (Å²) in [5.74, 6) is 1.12. The molecule has 0 aliphatic rings. The van der Waals surface area contributed by atoms with Crippen molar-refractivity contribution in [1.29, 1.82) is 0 Å². The van der Waals surface area contributed by atoms with Crippen LogP contribution in [0.25, 0.3) is 0 Å². The van der Waals surface area contributed by atoms with Gasteiger partial charge in [0, 0.05) is 13.1 Å². The first-order valence-corrected chi connectivity index (χ1v) is 7.38. The van der Waals surface area contributed by atoms with E-state index < -0.39 is 6.63 Å². The fraction of sp³-hybridized carbons (Fsp3) is 1.00. The van der Waals surface area contributed by atoms with Gasteiger partial charge in [0.1, 0.15) is 6.63 Å². The molecule has 0 saturated heterocycles. The lowest BCUT2D eigenvalue weighted by Crippen LogP contribution is -2.13. The van der Waals surface area contributed by atoms with Crippen molar-refractivity contribution in [3.8, 4) is 0 Å². The quantitative estimate of drug-likeness (QED) is 0.623. The van der Waals surface area contributed by atoms with Crippen LogP contribution in [0.1, 0.15) is 20.8 Å². The molecule has 0 heterocycles. The van der Waals surface area contributed by atoms with Crippen molar-refractivity contribution in [2.45, 2.75) is 20.8 Å². The Morgan fingerprint density at radius 1 is 1.30 bits per heavy atom. The van der Waals surface area contributed by atoms with E-state index in [0.29, 0.717) is 0 Å². The van der Waals surface area contributed by atoms with Gasteiger partial charge in [-0.15, -0.1) is 11.4 Å². The summed E-state index contributed by atoms with van der Waals surface area (Å²) in [5.41, 5.74) is 0. The summed E-state index contributed by atoms with van der Waals surface area (Å²) in [6, 6.07) is 0.